The fourth-order valence-electron chi connectivity index (χ4n) is 1.62. The van der Waals surface area contributed by atoms with Crippen LogP contribution in [-0.4, -0.2) is 15.0 Å². The minimum absolute atomic E-state index is 0.542. The monoisotopic (exact) mass is 216 g/mol. The van der Waals surface area contributed by atoms with Crippen molar-refractivity contribution >= 4 is 37.6 Å². The van der Waals surface area contributed by atoms with E-state index in [4.69, 9.17) is 5.73 Å². The molecule has 0 fully saturated rings. The Morgan fingerprint density at radius 2 is 2.20 bits per heavy atom. The average Bonchev–Trinajstić information content (AvgIpc) is 2.57. The first-order valence-corrected chi connectivity index (χ1v) is 5.34. The smallest absolute Gasteiger partial charge is 0.145 e. The van der Waals surface area contributed by atoms with Gasteiger partial charge in [-0.1, -0.05) is 0 Å². The van der Waals surface area contributed by atoms with Gasteiger partial charge in [0.1, 0.15) is 16.5 Å². The van der Waals surface area contributed by atoms with E-state index in [1.807, 2.05) is 19.1 Å². The van der Waals surface area contributed by atoms with Crippen LogP contribution in [0.3, 0.4) is 0 Å². The van der Waals surface area contributed by atoms with Gasteiger partial charge in [0.2, 0.25) is 0 Å². The molecule has 0 saturated heterocycles. The summed E-state index contributed by atoms with van der Waals surface area (Å²) in [6.45, 7) is 1.84. The summed E-state index contributed by atoms with van der Waals surface area (Å²) in [7, 11) is 0. The van der Waals surface area contributed by atoms with Crippen LogP contribution < -0.4 is 5.73 Å². The van der Waals surface area contributed by atoms with E-state index in [1.54, 1.807) is 6.20 Å². The number of hydrogen-bond donors (Lipinski definition) is 1. The molecular formula is C10H8N4S. The molecule has 0 unspecified atom stereocenters. The van der Waals surface area contributed by atoms with Crippen LogP contribution in [0.15, 0.2) is 18.3 Å². The highest BCUT2D eigenvalue weighted by Crippen LogP contribution is 2.33. The van der Waals surface area contributed by atoms with Gasteiger partial charge in [0, 0.05) is 11.6 Å². The number of thiophene rings is 1. The van der Waals surface area contributed by atoms with Gasteiger partial charge in [-0.15, -0.1) is 11.3 Å². The Balaban J connectivity index is 2.61. The van der Waals surface area contributed by atoms with Crippen molar-refractivity contribution in [1.29, 1.82) is 0 Å². The topological polar surface area (TPSA) is 64.7 Å². The lowest BCUT2D eigenvalue weighted by atomic mass is 10.3. The number of rotatable bonds is 0. The van der Waals surface area contributed by atoms with Crippen LogP contribution in [0.5, 0.6) is 0 Å². The van der Waals surface area contributed by atoms with E-state index in [2.05, 4.69) is 15.0 Å². The van der Waals surface area contributed by atoms with Gasteiger partial charge >= 0.3 is 0 Å². The zero-order chi connectivity index (χ0) is 10.4. The van der Waals surface area contributed by atoms with E-state index < -0.39 is 0 Å². The summed E-state index contributed by atoms with van der Waals surface area (Å²) in [5.74, 6) is 1.24. The van der Waals surface area contributed by atoms with Crippen molar-refractivity contribution < 1.29 is 0 Å². The second-order valence-corrected chi connectivity index (χ2v) is 4.29. The number of nitrogens with two attached hydrogens (primary N) is 1. The maximum atomic E-state index is 5.85. The average molecular weight is 216 g/mol. The summed E-state index contributed by atoms with van der Waals surface area (Å²) in [6, 6.07) is 3.91. The Kier molecular flexibility index (Phi) is 1.63. The maximum absolute atomic E-state index is 5.85. The van der Waals surface area contributed by atoms with Crippen LogP contribution in [-0.2, 0) is 0 Å². The second kappa shape index (κ2) is 2.87. The molecule has 15 heavy (non-hydrogen) atoms. The molecule has 4 nitrogen and oxygen atoms in total. The number of nitrogen functional groups attached to an aromatic ring is 1. The standard InChI is InChI=1S/C10H8N4S/c1-5-13-7-6-3-2-4-12-10(6)15-8(7)9(11)14-5/h2-4H,1H3,(H2,11,13,14). The molecule has 0 aliphatic carbocycles. The molecule has 0 saturated carbocycles. The van der Waals surface area contributed by atoms with Gasteiger partial charge in [0.15, 0.2) is 0 Å². The molecule has 5 heteroatoms. The quantitative estimate of drug-likeness (QED) is 0.625. The highest BCUT2D eigenvalue weighted by atomic mass is 32.1. The third-order valence-electron chi connectivity index (χ3n) is 2.23. The van der Waals surface area contributed by atoms with E-state index in [9.17, 15) is 0 Å². The predicted molar refractivity (Wildman–Crippen MR) is 61.9 cm³/mol. The number of aromatic nitrogens is 3. The largest absolute Gasteiger partial charge is 0.382 e. The first kappa shape index (κ1) is 8.55. The molecule has 0 aromatic carbocycles. The van der Waals surface area contributed by atoms with Crippen LogP contribution in [0.25, 0.3) is 20.4 Å². The van der Waals surface area contributed by atoms with Crippen molar-refractivity contribution in [1.82, 2.24) is 15.0 Å². The van der Waals surface area contributed by atoms with Gasteiger partial charge in [-0.05, 0) is 19.1 Å². The normalized spacial score (nSPS) is 11.3. The number of nitrogens with zero attached hydrogens (tertiary/aromatic N) is 3. The molecule has 0 aliphatic rings. The van der Waals surface area contributed by atoms with Crippen molar-refractivity contribution in [2.45, 2.75) is 6.92 Å². The van der Waals surface area contributed by atoms with Crippen molar-refractivity contribution in [2.75, 3.05) is 5.73 Å². The Hall–Kier alpha value is -1.75. The molecule has 74 valence electrons. The van der Waals surface area contributed by atoms with E-state index in [0.29, 0.717) is 11.6 Å². The zero-order valence-electron chi connectivity index (χ0n) is 8.06. The second-order valence-electron chi connectivity index (χ2n) is 3.29. The lowest BCUT2D eigenvalue weighted by Gasteiger charge is -1.96. The van der Waals surface area contributed by atoms with Gasteiger partial charge in [-0.3, -0.25) is 0 Å². The number of pyridine rings is 1. The Labute approximate surface area is 89.8 Å². The number of hydrogen-bond acceptors (Lipinski definition) is 5. The summed E-state index contributed by atoms with van der Waals surface area (Å²) < 4.78 is 0.925. The van der Waals surface area contributed by atoms with Gasteiger partial charge in [0.25, 0.3) is 0 Å². The van der Waals surface area contributed by atoms with Gasteiger partial charge in [-0.2, -0.15) is 0 Å². The summed E-state index contributed by atoms with van der Waals surface area (Å²) in [6.07, 6.45) is 1.77. The first-order valence-electron chi connectivity index (χ1n) is 4.53. The van der Waals surface area contributed by atoms with Crippen LogP contribution in [0.2, 0.25) is 0 Å². The Morgan fingerprint density at radius 1 is 1.33 bits per heavy atom. The van der Waals surface area contributed by atoms with Crippen molar-refractivity contribution in [3.8, 4) is 0 Å². The number of anilines is 1. The van der Waals surface area contributed by atoms with Gasteiger partial charge in [-0.25, -0.2) is 15.0 Å². The van der Waals surface area contributed by atoms with Gasteiger partial charge in [0.05, 0.1) is 10.2 Å². The van der Waals surface area contributed by atoms with Crippen molar-refractivity contribution in [3.63, 3.8) is 0 Å². The molecule has 0 atom stereocenters. The summed E-state index contributed by atoms with van der Waals surface area (Å²) in [5.41, 5.74) is 6.76. The molecule has 3 rings (SSSR count). The SMILES string of the molecule is Cc1nc(N)c2sc3ncccc3c2n1. The highest BCUT2D eigenvalue weighted by Gasteiger charge is 2.10. The van der Waals surface area contributed by atoms with E-state index in [1.165, 1.54) is 11.3 Å². The summed E-state index contributed by atoms with van der Waals surface area (Å²) in [4.78, 5) is 13.8. The minimum Gasteiger partial charge on any atom is -0.382 e. The Morgan fingerprint density at radius 3 is 3.07 bits per heavy atom. The molecule has 0 aliphatic heterocycles. The van der Waals surface area contributed by atoms with E-state index >= 15 is 0 Å². The lowest BCUT2D eigenvalue weighted by molar-refractivity contribution is 1.10. The maximum Gasteiger partial charge on any atom is 0.145 e. The molecule has 3 aromatic heterocycles. The molecule has 3 heterocycles. The van der Waals surface area contributed by atoms with Crippen LogP contribution in [0.1, 0.15) is 5.82 Å². The molecule has 0 amide bonds. The minimum atomic E-state index is 0.542. The fourth-order valence-corrected chi connectivity index (χ4v) is 2.60. The van der Waals surface area contributed by atoms with Crippen LogP contribution >= 0.6 is 11.3 Å². The Bertz CT molecular complexity index is 659. The lowest BCUT2D eigenvalue weighted by Crippen LogP contribution is -1.94. The van der Waals surface area contributed by atoms with Crippen molar-refractivity contribution in [3.05, 3.63) is 24.2 Å². The summed E-state index contributed by atoms with van der Waals surface area (Å²) >= 11 is 1.54. The molecule has 0 spiro atoms. The molecule has 0 bridgehead atoms. The fraction of sp³-hybridized carbons (Fsp3) is 0.100. The third kappa shape index (κ3) is 1.16. The van der Waals surface area contributed by atoms with Crippen molar-refractivity contribution in [2.24, 2.45) is 0 Å². The van der Waals surface area contributed by atoms with Gasteiger partial charge < -0.3 is 5.73 Å². The first-order chi connectivity index (χ1) is 7.25. The molecule has 3 aromatic rings. The number of aryl methyl sites for hydroxylation is 1. The molecule has 0 radical (unpaired) electrons. The summed E-state index contributed by atoms with van der Waals surface area (Å²) in [5, 5.41) is 1.05. The zero-order valence-corrected chi connectivity index (χ0v) is 8.88. The number of fused-ring (bicyclic) bond motifs is 3. The van der Waals surface area contributed by atoms with E-state index in [0.717, 1.165) is 20.4 Å². The van der Waals surface area contributed by atoms with Crippen LogP contribution in [0.4, 0.5) is 5.82 Å². The molecule has 2 N–H and O–H groups in total. The molecular weight excluding hydrogens is 208 g/mol. The van der Waals surface area contributed by atoms with E-state index in [-0.39, 0.29) is 0 Å². The third-order valence-corrected chi connectivity index (χ3v) is 3.35. The van der Waals surface area contributed by atoms with Crippen LogP contribution in [0, 0.1) is 6.92 Å². The highest BCUT2D eigenvalue weighted by molar-refractivity contribution is 7.25. The predicted octanol–water partition coefficient (Wildman–Crippen LogP) is 2.13.